The van der Waals surface area contributed by atoms with Gasteiger partial charge in [-0.1, -0.05) is 60.1 Å². The number of carbonyl (C=O) groups is 2. The van der Waals surface area contributed by atoms with Crippen LogP contribution in [-0.4, -0.2) is 23.5 Å². The summed E-state index contributed by atoms with van der Waals surface area (Å²) in [5.41, 5.74) is 5.52. The van der Waals surface area contributed by atoms with Crippen LogP contribution < -0.4 is 20.9 Å². The molecule has 0 bridgehead atoms. The maximum Gasteiger partial charge on any atom is 0.276 e. The molecule has 9 heteroatoms. The quantitative estimate of drug-likeness (QED) is 0.266. The van der Waals surface area contributed by atoms with Gasteiger partial charge in [-0.25, -0.2) is 0 Å². The molecule has 0 saturated carbocycles. The fourth-order valence-electron chi connectivity index (χ4n) is 2.59. The number of halogens is 2. The molecule has 0 aliphatic heterocycles. The van der Waals surface area contributed by atoms with E-state index >= 15 is 0 Å². The molecule has 31 heavy (non-hydrogen) atoms. The molecule has 0 spiro atoms. The summed E-state index contributed by atoms with van der Waals surface area (Å²) >= 11 is 14.5. The molecule has 3 aromatic carbocycles. The molecule has 158 valence electrons. The molecule has 3 N–H and O–H groups in total. The third-order valence-corrected chi connectivity index (χ3v) is 5.42. The van der Waals surface area contributed by atoms with Crippen molar-refractivity contribution in [3.63, 3.8) is 0 Å². The lowest BCUT2D eigenvalue weighted by atomic mass is 10.1. The van der Waals surface area contributed by atoms with E-state index < -0.39 is 11.8 Å². The molecule has 0 unspecified atom stereocenters. The van der Waals surface area contributed by atoms with Gasteiger partial charge in [0.2, 0.25) is 5.91 Å². The zero-order valence-corrected chi connectivity index (χ0v) is 19.2. The maximum absolute atomic E-state index is 12.0. The zero-order valence-electron chi connectivity index (χ0n) is 16.0. The first-order valence-corrected chi connectivity index (χ1v) is 10.6. The van der Waals surface area contributed by atoms with Crippen molar-refractivity contribution in [3.05, 3.63) is 81.8 Å². The van der Waals surface area contributed by atoms with Gasteiger partial charge in [-0.3, -0.25) is 25.8 Å². The van der Waals surface area contributed by atoms with Crippen molar-refractivity contribution in [1.82, 2.24) is 16.2 Å². The Bertz CT molecular complexity index is 1170. The van der Waals surface area contributed by atoms with E-state index in [-0.39, 0.29) is 11.7 Å². The lowest BCUT2D eigenvalue weighted by Crippen LogP contribution is -2.49. The Morgan fingerprint density at radius 3 is 2.58 bits per heavy atom. The second-order valence-corrected chi connectivity index (χ2v) is 7.84. The largest absolute Gasteiger partial charge is 0.483 e. The molecule has 0 heterocycles. The molecule has 0 fully saturated rings. The van der Waals surface area contributed by atoms with E-state index in [9.17, 15) is 9.59 Å². The molecular weight excluding hydrogens is 502 g/mol. The molecule has 0 radical (unpaired) electrons. The minimum atomic E-state index is -0.469. The van der Waals surface area contributed by atoms with Gasteiger partial charge in [0.05, 0.1) is 4.47 Å². The van der Waals surface area contributed by atoms with Crippen molar-refractivity contribution >= 4 is 73.5 Å². The molecule has 0 aromatic heterocycles. The van der Waals surface area contributed by atoms with E-state index in [4.69, 9.17) is 28.6 Å². The molecule has 2 amide bonds. The van der Waals surface area contributed by atoms with Crippen LogP contribution in [0.5, 0.6) is 5.75 Å². The third-order valence-electron chi connectivity index (χ3n) is 4.06. The Balaban J connectivity index is 1.44. The number of rotatable bonds is 5. The van der Waals surface area contributed by atoms with Crippen LogP contribution in [0.4, 0.5) is 0 Å². The Kier molecular flexibility index (Phi) is 8.00. The highest BCUT2D eigenvalue weighted by Gasteiger charge is 2.09. The van der Waals surface area contributed by atoms with Gasteiger partial charge < -0.3 is 4.74 Å². The second-order valence-electron chi connectivity index (χ2n) is 6.23. The second kappa shape index (κ2) is 10.9. The highest BCUT2D eigenvalue weighted by molar-refractivity contribution is 9.10. The maximum atomic E-state index is 12.0. The van der Waals surface area contributed by atoms with E-state index in [2.05, 4.69) is 32.1 Å². The van der Waals surface area contributed by atoms with Crippen LogP contribution in [0, 0.1) is 0 Å². The first kappa shape index (κ1) is 22.7. The summed E-state index contributed by atoms with van der Waals surface area (Å²) in [6, 6.07) is 18.6. The van der Waals surface area contributed by atoms with E-state index in [0.717, 1.165) is 15.2 Å². The standard InChI is InChI=1S/C22H17BrClN3O3S/c23-21-16-7-3-1-5-14(16)9-11-18(21)30-13-20(29)26-27-22(31)25-19(28)12-10-15-6-2-4-8-17(15)24/h1-12H,13H2,(H,26,29)(H2,25,27,28,31)/b12-10+. The number of amides is 2. The molecular formula is C22H17BrClN3O3S. The number of ether oxygens (including phenoxy) is 1. The highest BCUT2D eigenvalue weighted by atomic mass is 79.9. The average molecular weight is 519 g/mol. The number of thiocarbonyl (C=S) groups is 1. The normalized spacial score (nSPS) is 10.6. The summed E-state index contributed by atoms with van der Waals surface area (Å²) < 4.78 is 6.33. The Morgan fingerprint density at radius 1 is 1.03 bits per heavy atom. The first-order chi connectivity index (χ1) is 14.9. The molecule has 0 atom stereocenters. The van der Waals surface area contributed by atoms with E-state index in [1.807, 2.05) is 36.4 Å². The summed E-state index contributed by atoms with van der Waals surface area (Å²) in [6.07, 6.45) is 2.85. The minimum absolute atomic E-state index is 0.0611. The Hall–Kier alpha value is -2.94. The predicted molar refractivity (Wildman–Crippen MR) is 130 cm³/mol. The van der Waals surface area contributed by atoms with E-state index in [1.165, 1.54) is 6.08 Å². The lowest BCUT2D eigenvalue weighted by Gasteiger charge is -2.12. The molecule has 6 nitrogen and oxygen atoms in total. The van der Waals surface area contributed by atoms with Crippen LogP contribution in [0.2, 0.25) is 5.02 Å². The van der Waals surface area contributed by atoms with Crippen molar-refractivity contribution in [3.8, 4) is 5.75 Å². The van der Waals surface area contributed by atoms with Crippen molar-refractivity contribution in [2.75, 3.05) is 6.61 Å². The number of benzene rings is 3. The summed E-state index contributed by atoms with van der Waals surface area (Å²) in [7, 11) is 0. The fourth-order valence-corrected chi connectivity index (χ4v) is 3.55. The third kappa shape index (κ3) is 6.52. The number of nitrogens with one attached hydrogen (secondary N) is 3. The van der Waals surface area contributed by atoms with Gasteiger partial charge in [-0.2, -0.15) is 0 Å². The van der Waals surface area contributed by atoms with Crippen molar-refractivity contribution in [2.45, 2.75) is 0 Å². The highest BCUT2D eigenvalue weighted by Crippen LogP contribution is 2.32. The zero-order chi connectivity index (χ0) is 22.2. The number of hydrogen-bond donors (Lipinski definition) is 3. The van der Waals surface area contributed by atoms with Crippen LogP contribution in [0.1, 0.15) is 5.56 Å². The van der Waals surface area contributed by atoms with Gasteiger partial charge in [-0.15, -0.1) is 0 Å². The van der Waals surface area contributed by atoms with E-state index in [0.29, 0.717) is 16.3 Å². The summed E-state index contributed by atoms with van der Waals surface area (Å²) in [6.45, 7) is -0.243. The van der Waals surface area contributed by atoms with Crippen LogP contribution in [0.15, 0.2) is 71.2 Å². The van der Waals surface area contributed by atoms with Crippen molar-refractivity contribution in [1.29, 1.82) is 0 Å². The molecule has 3 rings (SSSR count). The number of fused-ring (bicyclic) bond motifs is 1. The first-order valence-electron chi connectivity index (χ1n) is 9.06. The van der Waals surface area contributed by atoms with Gasteiger partial charge in [0.1, 0.15) is 5.75 Å². The average Bonchev–Trinajstić information content (AvgIpc) is 2.77. The number of hydrogen-bond acceptors (Lipinski definition) is 4. The molecule has 0 saturated heterocycles. The lowest BCUT2D eigenvalue weighted by molar-refractivity contribution is -0.123. The summed E-state index contributed by atoms with van der Waals surface area (Å²) in [5, 5.41) is 4.91. The van der Waals surface area contributed by atoms with Gasteiger partial charge in [0.15, 0.2) is 11.7 Å². The van der Waals surface area contributed by atoms with Gasteiger partial charge in [0, 0.05) is 11.1 Å². The van der Waals surface area contributed by atoms with Crippen LogP contribution in [0.25, 0.3) is 16.8 Å². The monoisotopic (exact) mass is 517 g/mol. The van der Waals surface area contributed by atoms with Gasteiger partial charge in [-0.05, 0) is 62.7 Å². The van der Waals surface area contributed by atoms with Crippen LogP contribution in [-0.2, 0) is 9.59 Å². The fraction of sp³-hybridized carbons (Fsp3) is 0.0455. The summed E-state index contributed by atoms with van der Waals surface area (Å²) in [5.74, 6) is -0.402. The summed E-state index contributed by atoms with van der Waals surface area (Å²) in [4.78, 5) is 23.9. The number of hydrazine groups is 1. The molecule has 3 aromatic rings. The van der Waals surface area contributed by atoms with Crippen LogP contribution in [0.3, 0.4) is 0 Å². The molecule has 0 aliphatic carbocycles. The van der Waals surface area contributed by atoms with Gasteiger partial charge >= 0.3 is 0 Å². The minimum Gasteiger partial charge on any atom is -0.483 e. The molecule has 0 aliphatic rings. The van der Waals surface area contributed by atoms with Crippen molar-refractivity contribution in [2.24, 2.45) is 0 Å². The smallest absolute Gasteiger partial charge is 0.276 e. The van der Waals surface area contributed by atoms with E-state index in [1.54, 1.807) is 30.3 Å². The SMILES string of the molecule is O=C(/C=C/c1ccccc1Cl)NC(=S)NNC(=O)COc1ccc2ccccc2c1Br. The number of carbonyl (C=O) groups excluding carboxylic acids is 2. The Morgan fingerprint density at radius 2 is 1.77 bits per heavy atom. The Labute approximate surface area is 197 Å². The van der Waals surface area contributed by atoms with Crippen molar-refractivity contribution < 1.29 is 14.3 Å². The van der Waals surface area contributed by atoms with Crippen LogP contribution >= 0.6 is 39.7 Å². The van der Waals surface area contributed by atoms with Gasteiger partial charge in [0.25, 0.3) is 5.91 Å². The predicted octanol–water partition coefficient (Wildman–Crippen LogP) is 4.37. The topological polar surface area (TPSA) is 79.5 Å².